The van der Waals surface area contributed by atoms with Gasteiger partial charge in [0.05, 0.1) is 6.04 Å². The smallest absolute Gasteiger partial charge is 0.410 e. The molecule has 0 N–H and O–H groups in total. The molecule has 24 heavy (non-hydrogen) atoms. The lowest BCUT2D eigenvalue weighted by Gasteiger charge is -2.27. The standard InChI is InChI=1S/C18H21FN2O3/c1-18(2,3)23-17(22)21-9-5-8-15(21)14-11-16(24-20-14)12-6-4-7-13(19)10-12/h4,6-7,10-11,15H,5,8-9H2,1-3H3/t15-/m1/s1. The van der Waals surface area contributed by atoms with Gasteiger partial charge in [0.1, 0.15) is 17.1 Å². The number of hydrogen-bond acceptors (Lipinski definition) is 4. The molecule has 2 heterocycles. The van der Waals surface area contributed by atoms with E-state index in [0.29, 0.717) is 23.6 Å². The summed E-state index contributed by atoms with van der Waals surface area (Å²) in [5.74, 6) is 0.155. The summed E-state index contributed by atoms with van der Waals surface area (Å²) in [7, 11) is 0. The van der Waals surface area contributed by atoms with Crippen LogP contribution in [-0.2, 0) is 4.74 Å². The Morgan fingerprint density at radius 1 is 1.38 bits per heavy atom. The van der Waals surface area contributed by atoms with E-state index in [9.17, 15) is 9.18 Å². The molecule has 128 valence electrons. The van der Waals surface area contributed by atoms with Crippen LogP contribution in [0.4, 0.5) is 9.18 Å². The third kappa shape index (κ3) is 3.58. The fourth-order valence-corrected chi connectivity index (χ4v) is 2.84. The van der Waals surface area contributed by atoms with Crippen LogP contribution in [-0.4, -0.2) is 28.3 Å². The van der Waals surface area contributed by atoms with Crippen LogP contribution < -0.4 is 0 Å². The van der Waals surface area contributed by atoms with Crippen LogP contribution >= 0.6 is 0 Å². The first-order valence-electron chi connectivity index (χ1n) is 8.06. The highest BCUT2D eigenvalue weighted by Gasteiger charge is 2.35. The van der Waals surface area contributed by atoms with Crippen LogP contribution in [0.2, 0.25) is 0 Å². The SMILES string of the molecule is CC(C)(C)OC(=O)N1CCC[C@@H]1c1cc(-c2cccc(F)c2)on1. The average molecular weight is 332 g/mol. The second-order valence-corrected chi connectivity index (χ2v) is 6.96. The fourth-order valence-electron chi connectivity index (χ4n) is 2.84. The van der Waals surface area contributed by atoms with Crippen molar-refractivity contribution in [3.05, 3.63) is 41.8 Å². The molecule has 0 unspecified atom stereocenters. The number of likely N-dealkylation sites (tertiary alicyclic amines) is 1. The van der Waals surface area contributed by atoms with Gasteiger partial charge in [0.25, 0.3) is 0 Å². The Balaban J connectivity index is 1.80. The molecule has 1 aromatic carbocycles. The first-order chi connectivity index (χ1) is 11.3. The average Bonchev–Trinajstić information content (AvgIpc) is 3.14. The summed E-state index contributed by atoms with van der Waals surface area (Å²) in [6.07, 6.45) is 1.33. The zero-order valence-electron chi connectivity index (χ0n) is 14.1. The third-order valence-electron chi connectivity index (χ3n) is 3.86. The Kier molecular flexibility index (Phi) is 4.30. The van der Waals surface area contributed by atoms with E-state index in [4.69, 9.17) is 9.26 Å². The summed E-state index contributed by atoms with van der Waals surface area (Å²) >= 11 is 0. The number of rotatable bonds is 2. The van der Waals surface area contributed by atoms with Crippen molar-refractivity contribution in [1.29, 1.82) is 0 Å². The van der Waals surface area contributed by atoms with Crippen molar-refractivity contribution in [3.8, 4) is 11.3 Å². The number of benzene rings is 1. The second-order valence-electron chi connectivity index (χ2n) is 6.96. The van der Waals surface area contributed by atoms with E-state index in [1.165, 1.54) is 12.1 Å². The molecule has 1 aromatic heterocycles. The Labute approximate surface area is 140 Å². The van der Waals surface area contributed by atoms with Crippen molar-refractivity contribution in [2.24, 2.45) is 0 Å². The van der Waals surface area contributed by atoms with Crippen molar-refractivity contribution >= 4 is 6.09 Å². The van der Waals surface area contributed by atoms with Crippen LogP contribution in [0.5, 0.6) is 0 Å². The predicted octanol–water partition coefficient (Wildman–Crippen LogP) is 4.55. The van der Waals surface area contributed by atoms with Crippen LogP contribution in [0.15, 0.2) is 34.9 Å². The highest BCUT2D eigenvalue weighted by atomic mass is 19.1. The lowest BCUT2D eigenvalue weighted by molar-refractivity contribution is 0.0219. The molecule has 0 saturated carbocycles. The van der Waals surface area contributed by atoms with Crippen LogP contribution in [0.3, 0.4) is 0 Å². The Hall–Kier alpha value is -2.37. The number of ether oxygens (including phenoxy) is 1. The summed E-state index contributed by atoms with van der Waals surface area (Å²) in [5, 5.41) is 4.09. The van der Waals surface area contributed by atoms with Gasteiger partial charge >= 0.3 is 6.09 Å². The zero-order chi connectivity index (χ0) is 17.3. The summed E-state index contributed by atoms with van der Waals surface area (Å²) in [5.41, 5.74) is 0.744. The minimum Gasteiger partial charge on any atom is -0.444 e. The van der Waals surface area contributed by atoms with Gasteiger partial charge in [-0.2, -0.15) is 0 Å². The van der Waals surface area contributed by atoms with E-state index in [2.05, 4.69) is 5.16 Å². The maximum absolute atomic E-state index is 13.4. The van der Waals surface area contributed by atoms with Crippen molar-refractivity contribution < 1.29 is 18.4 Å². The summed E-state index contributed by atoms with van der Waals surface area (Å²) in [6, 6.07) is 7.74. The maximum atomic E-state index is 13.4. The van der Waals surface area contributed by atoms with Gasteiger partial charge in [-0.15, -0.1) is 0 Å². The van der Waals surface area contributed by atoms with Gasteiger partial charge in [-0.3, -0.25) is 4.90 Å². The topological polar surface area (TPSA) is 55.6 Å². The maximum Gasteiger partial charge on any atom is 0.410 e. The lowest BCUT2D eigenvalue weighted by Crippen LogP contribution is -2.36. The largest absolute Gasteiger partial charge is 0.444 e. The number of carbonyl (C=O) groups excluding carboxylic acids is 1. The molecular formula is C18H21FN2O3. The molecule has 0 spiro atoms. The number of amides is 1. The van der Waals surface area contributed by atoms with Gasteiger partial charge in [0, 0.05) is 18.2 Å². The molecule has 1 amide bonds. The lowest BCUT2D eigenvalue weighted by atomic mass is 10.1. The molecule has 1 aliphatic rings. The molecule has 2 aromatic rings. The van der Waals surface area contributed by atoms with Crippen molar-refractivity contribution in [2.75, 3.05) is 6.54 Å². The van der Waals surface area contributed by atoms with Crippen molar-refractivity contribution in [2.45, 2.75) is 45.3 Å². The van der Waals surface area contributed by atoms with Gasteiger partial charge in [0.15, 0.2) is 5.76 Å². The van der Waals surface area contributed by atoms with E-state index < -0.39 is 5.60 Å². The minimum atomic E-state index is -0.541. The van der Waals surface area contributed by atoms with Gasteiger partial charge in [0.2, 0.25) is 0 Å². The molecule has 0 bridgehead atoms. The predicted molar refractivity (Wildman–Crippen MR) is 86.8 cm³/mol. The summed E-state index contributed by atoms with van der Waals surface area (Å²) in [6.45, 7) is 6.15. The van der Waals surface area contributed by atoms with Crippen LogP contribution in [0.25, 0.3) is 11.3 Å². The zero-order valence-corrected chi connectivity index (χ0v) is 14.1. The van der Waals surface area contributed by atoms with Crippen LogP contribution in [0.1, 0.15) is 45.3 Å². The van der Waals surface area contributed by atoms with Crippen LogP contribution in [0, 0.1) is 5.82 Å². The molecule has 3 rings (SSSR count). The number of carbonyl (C=O) groups is 1. The molecule has 1 saturated heterocycles. The molecule has 1 fully saturated rings. The molecule has 1 atom stereocenters. The molecule has 6 heteroatoms. The normalized spacial score (nSPS) is 18.0. The minimum absolute atomic E-state index is 0.175. The first kappa shape index (κ1) is 16.5. The van der Waals surface area contributed by atoms with Crippen molar-refractivity contribution in [3.63, 3.8) is 0 Å². The first-order valence-corrected chi connectivity index (χ1v) is 8.06. The summed E-state index contributed by atoms with van der Waals surface area (Å²) < 4.78 is 24.2. The third-order valence-corrected chi connectivity index (χ3v) is 3.86. The molecular weight excluding hydrogens is 311 g/mol. The van der Waals surface area contributed by atoms with Gasteiger partial charge in [-0.25, -0.2) is 9.18 Å². The highest BCUT2D eigenvalue weighted by molar-refractivity contribution is 5.69. The van der Waals surface area contributed by atoms with Gasteiger partial charge in [-0.05, 0) is 45.7 Å². The number of nitrogens with zero attached hydrogens (tertiary/aromatic N) is 2. The Morgan fingerprint density at radius 2 is 2.17 bits per heavy atom. The molecule has 0 aliphatic carbocycles. The quantitative estimate of drug-likeness (QED) is 0.809. The van der Waals surface area contributed by atoms with E-state index in [1.807, 2.05) is 20.8 Å². The monoisotopic (exact) mass is 332 g/mol. The highest BCUT2D eigenvalue weighted by Crippen LogP contribution is 2.34. The molecule has 5 nitrogen and oxygen atoms in total. The van der Waals surface area contributed by atoms with E-state index in [0.717, 1.165) is 12.8 Å². The number of aromatic nitrogens is 1. The molecule has 1 aliphatic heterocycles. The van der Waals surface area contributed by atoms with Crippen molar-refractivity contribution in [1.82, 2.24) is 10.1 Å². The van der Waals surface area contributed by atoms with E-state index in [1.54, 1.807) is 23.1 Å². The fraction of sp³-hybridized carbons (Fsp3) is 0.444. The Morgan fingerprint density at radius 3 is 2.88 bits per heavy atom. The second kappa shape index (κ2) is 6.26. The molecule has 0 radical (unpaired) electrons. The van der Waals surface area contributed by atoms with E-state index in [-0.39, 0.29) is 18.0 Å². The van der Waals surface area contributed by atoms with Gasteiger partial charge in [-0.1, -0.05) is 17.3 Å². The van der Waals surface area contributed by atoms with Gasteiger partial charge < -0.3 is 9.26 Å². The van der Waals surface area contributed by atoms with E-state index >= 15 is 0 Å². The number of hydrogen-bond donors (Lipinski definition) is 0. The summed E-state index contributed by atoms with van der Waals surface area (Å²) in [4.78, 5) is 14.0. The number of halogens is 1. The Bertz CT molecular complexity index is 736.